The molecule has 2 rings (SSSR count). The third kappa shape index (κ3) is 3.40. The summed E-state index contributed by atoms with van der Waals surface area (Å²) in [6.45, 7) is 3.62. The van der Waals surface area contributed by atoms with Gasteiger partial charge in [0.15, 0.2) is 0 Å². The van der Waals surface area contributed by atoms with Crippen molar-refractivity contribution in [2.45, 2.75) is 26.7 Å². The van der Waals surface area contributed by atoms with Crippen LogP contribution in [0.25, 0.3) is 11.5 Å². The average molecular weight is 278 g/mol. The Labute approximate surface area is 115 Å². The van der Waals surface area contributed by atoms with Crippen molar-refractivity contribution in [1.82, 2.24) is 10.2 Å². The highest BCUT2D eigenvalue weighted by molar-refractivity contribution is 5.67. The predicted molar refractivity (Wildman–Crippen MR) is 69.5 cm³/mol. The summed E-state index contributed by atoms with van der Waals surface area (Å²) >= 11 is 0. The van der Waals surface area contributed by atoms with E-state index in [1.807, 2.05) is 6.92 Å². The first kappa shape index (κ1) is 14.2. The molecule has 0 saturated carbocycles. The molecule has 0 spiro atoms. The lowest BCUT2D eigenvalue weighted by Crippen LogP contribution is -2.07. The zero-order valence-corrected chi connectivity index (χ0v) is 11.3. The summed E-state index contributed by atoms with van der Waals surface area (Å²) in [5.41, 5.74) is 1.38. The molecule has 2 aromatic rings. The highest BCUT2D eigenvalue weighted by atomic mass is 19.1. The maximum atomic E-state index is 13.2. The van der Waals surface area contributed by atoms with Crippen molar-refractivity contribution in [3.05, 3.63) is 35.5 Å². The van der Waals surface area contributed by atoms with Crippen molar-refractivity contribution in [2.75, 3.05) is 0 Å². The first-order valence-corrected chi connectivity index (χ1v) is 6.26. The number of aliphatic carboxylic acids is 1. The summed E-state index contributed by atoms with van der Waals surface area (Å²) in [4.78, 5) is 10.6. The largest absolute Gasteiger partial charge is 0.481 e. The first-order valence-electron chi connectivity index (χ1n) is 6.26. The van der Waals surface area contributed by atoms with Crippen LogP contribution in [0.5, 0.6) is 0 Å². The van der Waals surface area contributed by atoms with E-state index in [0.717, 1.165) is 5.56 Å². The number of aromatic nitrogens is 2. The zero-order valence-electron chi connectivity index (χ0n) is 11.3. The molecule has 106 valence electrons. The van der Waals surface area contributed by atoms with Crippen molar-refractivity contribution in [3.63, 3.8) is 0 Å². The highest BCUT2D eigenvalue weighted by Gasteiger charge is 2.15. The predicted octanol–water partition coefficient (Wildman–Crippen LogP) is 2.84. The van der Waals surface area contributed by atoms with Gasteiger partial charge in [-0.3, -0.25) is 4.79 Å². The van der Waals surface area contributed by atoms with E-state index in [1.54, 1.807) is 13.0 Å². The average Bonchev–Trinajstić information content (AvgIpc) is 2.79. The zero-order chi connectivity index (χ0) is 14.7. The number of hydrogen-bond acceptors (Lipinski definition) is 4. The van der Waals surface area contributed by atoms with Crippen LogP contribution in [0.15, 0.2) is 22.6 Å². The lowest BCUT2D eigenvalue weighted by molar-refractivity contribution is -0.137. The van der Waals surface area contributed by atoms with Gasteiger partial charge in [0.05, 0.1) is 0 Å². The van der Waals surface area contributed by atoms with E-state index in [9.17, 15) is 9.18 Å². The van der Waals surface area contributed by atoms with Gasteiger partial charge in [0.2, 0.25) is 11.8 Å². The lowest BCUT2D eigenvalue weighted by Gasteiger charge is -2.04. The third-order valence-corrected chi connectivity index (χ3v) is 2.94. The SMILES string of the molecule is Cc1ccc(F)cc1-c1nnc(CC(C)CC(=O)O)o1. The monoisotopic (exact) mass is 278 g/mol. The van der Waals surface area contributed by atoms with Gasteiger partial charge >= 0.3 is 5.97 Å². The van der Waals surface area contributed by atoms with Crippen LogP contribution >= 0.6 is 0 Å². The molecule has 0 amide bonds. The minimum absolute atomic E-state index is 0.0384. The van der Waals surface area contributed by atoms with Crippen LogP contribution in [0.4, 0.5) is 4.39 Å². The van der Waals surface area contributed by atoms with Crippen molar-refractivity contribution in [2.24, 2.45) is 5.92 Å². The molecule has 1 atom stereocenters. The topological polar surface area (TPSA) is 76.2 Å². The Kier molecular flexibility index (Phi) is 4.12. The molecule has 1 heterocycles. The second kappa shape index (κ2) is 5.81. The van der Waals surface area contributed by atoms with Gasteiger partial charge in [0.1, 0.15) is 5.82 Å². The van der Waals surface area contributed by atoms with Crippen LogP contribution in [0.3, 0.4) is 0 Å². The minimum atomic E-state index is -0.863. The minimum Gasteiger partial charge on any atom is -0.481 e. The van der Waals surface area contributed by atoms with Gasteiger partial charge in [-0.05, 0) is 30.5 Å². The number of hydrogen-bond donors (Lipinski definition) is 1. The van der Waals surface area contributed by atoms with Gasteiger partial charge in [-0.1, -0.05) is 13.0 Å². The third-order valence-electron chi connectivity index (χ3n) is 2.94. The molecule has 1 unspecified atom stereocenters. The fourth-order valence-electron chi connectivity index (χ4n) is 1.94. The lowest BCUT2D eigenvalue weighted by atomic mass is 10.0. The fraction of sp³-hybridized carbons (Fsp3) is 0.357. The second-order valence-electron chi connectivity index (χ2n) is 4.87. The standard InChI is InChI=1S/C14H15FN2O3/c1-8(6-13(18)19)5-12-16-17-14(20-12)11-7-10(15)4-3-9(11)2/h3-4,7-8H,5-6H2,1-2H3,(H,18,19). The maximum Gasteiger partial charge on any atom is 0.303 e. The Hall–Kier alpha value is -2.24. The molecule has 1 aromatic heterocycles. The quantitative estimate of drug-likeness (QED) is 0.910. The van der Waals surface area contributed by atoms with Gasteiger partial charge < -0.3 is 9.52 Å². The molecule has 1 N–H and O–H groups in total. The number of nitrogens with zero attached hydrogens (tertiary/aromatic N) is 2. The summed E-state index contributed by atoms with van der Waals surface area (Å²) in [5, 5.41) is 16.5. The van der Waals surface area contributed by atoms with Crippen LogP contribution < -0.4 is 0 Å². The first-order chi connectivity index (χ1) is 9.45. The van der Waals surface area contributed by atoms with Crippen molar-refractivity contribution < 1.29 is 18.7 Å². The molecule has 0 bridgehead atoms. The van der Waals surface area contributed by atoms with Crippen LogP contribution in [0.2, 0.25) is 0 Å². The fourth-order valence-corrected chi connectivity index (χ4v) is 1.94. The molecule has 20 heavy (non-hydrogen) atoms. The molecular weight excluding hydrogens is 263 g/mol. The summed E-state index contributed by atoms with van der Waals surface area (Å²) < 4.78 is 18.7. The number of aryl methyl sites for hydroxylation is 1. The van der Waals surface area contributed by atoms with Crippen molar-refractivity contribution in [1.29, 1.82) is 0 Å². The van der Waals surface area contributed by atoms with E-state index in [-0.39, 0.29) is 24.0 Å². The molecule has 0 radical (unpaired) electrons. The Morgan fingerprint density at radius 1 is 1.45 bits per heavy atom. The normalized spacial score (nSPS) is 12.3. The second-order valence-corrected chi connectivity index (χ2v) is 4.87. The van der Waals surface area contributed by atoms with Crippen LogP contribution in [-0.2, 0) is 11.2 Å². The Morgan fingerprint density at radius 2 is 2.20 bits per heavy atom. The van der Waals surface area contributed by atoms with Crippen LogP contribution in [0, 0.1) is 18.7 Å². The van der Waals surface area contributed by atoms with E-state index >= 15 is 0 Å². The maximum absolute atomic E-state index is 13.2. The Morgan fingerprint density at radius 3 is 2.90 bits per heavy atom. The Balaban J connectivity index is 2.16. The summed E-state index contributed by atoms with van der Waals surface area (Å²) in [6, 6.07) is 4.35. The number of carboxylic acids is 1. The van der Waals surface area contributed by atoms with Crippen molar-refractivity contribution >= 4 is 5.97 Å². The van der Waals surface area contributed by atoms with E-state index in [0.29, 0.717) is 17.9 Å². The number of benzene rings is 1. The summed E-state index contributed by atoms with van der Waals surface area (Å²) in [6.07, 6.45) is 0.421. The Bertz CT molecular complexity index is 625. The molecule has 5 nitrogen and oxygen atoms in total. The van der Waals surface area contributed by atoms with E-state index < -0.39 is 5.97 Å². The van der Waals surface area contributed by atoms with E-state index in [1.165, 1.54) is 12.1 Å². The smallest absolute Gasteiger partial charge is 0.303 e. The molecule has 1 aromatic carbocycles. The molecule has 0 aliphatic rings. The van der Waals surface area contributed by atoms with E-state index in [2.05, 4.69) is 10.2 Å². The number of halogens is 1. The molecule has 0 saturated heterocycles. The van der Waals surface area contributed by atoms with Gasteiger partial charge in [0.25, 0.3) is 0 Å². The van der Waals surface area contributed by atoms with Crippen LogP contribution in [-0.4, -0.2) is 21.3 Å². The molecule has 0 aliphatic carbocycles. The summed E-state index contributed by atoms with van der Waals surface area (Å²) in [5.74, 6) is -0.728. The number of carbonyl (C=O) groups is 1. The summed E-state index contributed by atoms with van der Waals surface area (Å²) in [7, 11) is 0. The molecule has 0 aliphatic heterocycles. The van der Waals surface area contributed by atoms with Gasteiger partial charge in [-0.15, -0.1) is 10.2 Å². The molecule has 6 heteroatoms. The highest BCUT2D eigenvalue weighted by Crippen LogP contribution is 2.24. The van der Waals surface area contributed by atoms with E-state index in [4.69, 9.17) is 9.52 Å². The number of rotatable bonds is 5. The van der Waals surface area contributed by atoms with Crippen LogP contribution in [0.1, 0.15) is 24.8 Å². The van der Waals surface area contributed by atoms with Crippen molar-refractivity contribution in [3.8, 4) is 11.5 Å². The number of carboxylic acid groups (broad SMARTS) is 1. The van der Waals surface area contributed by atoms with Gasteiger partial charge in [-0.2, -0.15) is 0 Å². The molecular formula is C14H15FN2O3. The molecule has 0 fully saturated rings. The van der Waals surface area contributed by atoms with Gasteiger partial charge in [0, 0.05) is 18.4 Å². The van der Waals surface area contributed by atoms with Gasteiger partial charge in [-0.25, -0.2) is 4.39 Å².